The van der Waals surface area contributed by atoms with Crippen LogP contribution in [0.5, 0.6) is 0 Å². The zero-order chi connectivity index (χ0) is 21.5. The summed E-state index contributed by atoms with van der Waals surface area (Å²) in [6, 6.07) is 12.8. The lowest BCUT2D eigenvalue weighted by molar-refractivity contribution is -0.144. The van der Waals surface area contributed by atoms with Crippen molar-refractivity contribution in [1.82, 2.24) is 10.2 Å². The number of rotatable bonds is 8. The Labute approximate surface area is 179 Å². The fraction of sp³-hybridized carbons (Fsp3) is 0.105. The predicted octanol–water partition coefficient (Wildman–Crippen LogP) is 2.76. The van der Waals surface area contributed by atoms with Gasteiger partial charge in [0, 0.05) is 21.8 Å². The molecule has 1 heterocycles. The van der Waals surface area contributed by atoms with Gasteiger partial charge in [0.25, 0.3) is 11.1 Å². The lowest BCUT2D eigenvalue weighted by Gasteiger charge is -2.06. The molecular weight excluding hydrogens is 432 g/mol. The Kier molecular flexibility index (Phi) is 7.04. The van der Waals surface area contributed by atoms with E-state index < -0.39 is 24.4 Å². The maximum absolute atomic E-state index is 11.9. The average Bonchev–Trinajstić information content (AvgIpc) is 3.21. The van der Waals surface area contributed by atoms with Gasteiger partial charge in [0.2, 0.25) is 11.8 Å². The van der Waals surface area contributed by atoms with Gasteiger partial charge in [0.05, 0.1) is 0 Å². The quantitative estimate of drug-likeness (QED) is 0.398. The first-order valence-electron chi connectivity index (χ1n) is 8.48. The Bertz CT molecular complexity index is 1050. The normalized spacial score (nSPS) is 10.4. The van der Waals surface area contributed by atoms with Crippen molar-refractivity contribution < 1.29 is 23.5 Å². The van der Waals surface area contributed by atoms with Crippen LogP contribution in [0.4, 0.5) is 5.69 Å². The Hall–Kier alpha value is -3.37. The number of benzene rings is 2. The van der Waals surface area contributed by atoms with Crippen LogP contribution in [0.3, 0.4) is 0 Å². The molecule has 0 atom stereocenters. The number of thioether (sulfide) groups is 1. The third-order valence-electron chi connectivity index (χ3n) is 3.63. The van der Waals surface area contributed by atoms with E-state index in [2.05, 4.69) is 15.5 Å². The van der Waals surface area contributed by atoms with Gasteiger partial charge in [-0.1, -0.05) is 23.4 Å². The number of nitrogens with two attached hydrogens (primary N) is 1. The van der Waals surface area contributed by atoms with Crippen molar-refractivity contribution in [2.24, 2.45) is 5.73 Å². The van der Waals surface area contributed by atoms with E-state index in [9.17, 15) is 14.4 Å². The number of nitrogens with zero attached hydrogens (tertiary/aromatic N) is 2. The fourth-order valence-electron chi connectivity index (χ4n) is 2.20. The SMILES string of the molecule is NC(=O)c1ccc(NC(=O)COC(=O)CSc2nnc(-c3ccc(Cl)cc3)o2)cc1. The van der Waals surface area contributed by atoms with Gasteiger partial charge in [0.15, 0.2) is 6.61 Å². The van der Waals surface area contributed by atoms with Crippen LogP contribution in [-0.4, -0.2) is 40.3 Å². The van der Waals surface area contributed by atoms with Crippen molar-refractivity contribution in [2.45, 2.75) is 5.22 Å². The molecule has 1 aromatic heterocycles. The number of halogens is 1. The lowest BCUT2D eigenvalue weighted by atomic mass is 10.2. The number of carbonyl (C=O) groups excluding carboxylic acids is 3. The first kappa shape index (κ1) is 21.3. The van der Waals surface area contributed by atoms with Crippen molar-refractivity contribution >= 4 is 46.8 Å². The van der Waals surface area contributed by atoms with Gasteiger partial charge in [-0.05, 0) is 48.5 Å². The van der Waals surface area contributed by atoms with Crippen LogP contribution in [-0.2, 0) is 14.3 Å². The average molecular weight is 447 g/mol. The fourth-order valence-corrected chi connectivity index (χ4v) is 2.89. The summed E-state index contributed by atoms with van der Waals surface area (Å²) in [5.41, 5.74) is 6.60. The number of aromatic nitrogens is 2. The van der Waals surface area contributed by atoms with Crippen LogP contribution in [0.15, 0.2) is 58.2 Å². The van der Waals surface area contributed by atoms with Crippen molar-refractivity contribution in [3.63, 3.8) is 0 Å². The summed E-state index contributed by atoms with van der Waals surface area (Å²) in [7, 11) is 0. The van der Waals surface area contributed by atoms with E-state index in [4.69, 9.17) is 26.5 Å². The minimum Gasteiger partial charge on any atom is -0.455 e. The number of primary amides is 1. The molecule has 3 N–H and O–H groups in total. The number of amides is 2. The second kappa shape index (κ2) is 9.90. The highest BCUT2D eigenvalue weighted by Gasteiger charge is 2.13. The third-order valence-corrected chi connectivity index (χ3v) is 4.67. The van der Waals surface area contributed by atoms with Crippen molar-refractivity contribution in [3.05, 3.63) is 59.1 Å². The number of hydrogen-bond acceptors (Lipinski definition) is 8. The van der Waals surface area contributed by atoms with Gasteiger partial charge in [-0.15, -0.1) is 10.2 Å². The molecule has 3 rings (SSSR count). The van der Waals surface area contributed by atoms with E-state index in [1.165, 1.54) is 24.3 Å². The maximum Gasteiger partial charge on any atom is 0.316 e. The van der Waals surface area contributed by atoms with Crippen LogP contribution in [0.2, 0.25) is 5.02 Å². The zero-order valence-corrected chi connectivity index (χ0v) is 16.9. The molecule has 2 aromatic carbocycles. The zero-order valence-electron chi connectivity index (χ0n) is 15.3. The van der Waals surface area contributed by atoms with Crippen LogP contribution in [0.25, 0.3) is 11.5 Å². The Morgan fingerprint density at radius 3 is 2.43 bits per heavy atom. The molecule has 3 aromatic rings. The van der Waals surface area contributed by atoms with Crippen molar-refractivity contribution in [2.75, 3.05) is 17.7 Å². The van der Waals surface area contributed by atoms with E-state index in [0.29, 0.717) is 27.7 Å². The number of hydrogen-bond donors (Lipinski definition) is 2. The second-order valence-electron chi connectivity index (χ2n) is 5.82. The van der Waals surface area contributed by atoms with Gasteiger partial charge < -0.3 is 20.2 Å². The number of nitrogens with one attached hydrogen (secondary N) is 1. The molecule has 0 fully saturated rings. The highest BCUT2D eigenvalue weighted by molar-refractivity contribution is 7.99. The summed E-state index contributed by atoms with van der Waals surface area (Å²) in [5, 5.41) is 11.1. The minimum absolute atomic E-state index is 0.108. The van der Waals surface area contributed by atoms with E-state index in [-0.39, 0.29) is 11.0 Å². The molecule has 0 radical (unpaired) electrons. The molecular formula is C19H15ClN4O5S. The van der Waals surface area contributed by atoms with Gasteiger partial charge in [-0.2, -0.15) is 0 Å². The van der Waals surface area contributed by atoms with E-state index in [1.54, 1.807) is 24.3 Å². The molecule has 0 unspecified atom stereocenters. The van der Waals surface area contributed by atoms with E-state index in [0.717, 1.165) is 11.8 Å². The maximum atomic E-state index is 11.9. The van der Waals surface area contributed by atoms with Gasteiger partial charge in [-0.3, -0.25) is 14.4 Å². The molecule has 0 aliphatic carbocycles. The molecule has 0 saturated carbocycles. The molecule has 0 aliphatic rings. The smallest absolute Gasteiger partial charge is 0.316 e. The van der Waals surface area contributed by atoms with Crippen molar-refractivity contribution in [1.29, 1.82) is 0 Å². The van der Waals surface area contributed by atoms with Crippen LogP contribution >= 0.6 is 23.4 Å². The van der Waals surface area contributed by atoms with Crippen molar-refractivity contribution in [3.8, 4) is 11.5 Å². The molecule has 0 saturated heterocycles. The first-order chi connectivity index (χ1) is 14.4. The number of anilines is 1. The van der Waals surface area contributed by atoms with E-state index in [1.807, 2.05) is 0 Å². The summed E-state index contributed by atoms with van der Waals surface area (Å²) in [4.78, 5) is 34.7. The van der Waals surface area contributed by atoms with Crippen LogP contribution in [0.1, 0.15) is 10.4 Å². The molecule has 0 spiro atoms. The van der Waals surface area contributed by atoms with Crippen LogP contribution in [0, 0.1) is 0 Å². The summed E-state index contributed by atoms with van der Waals surface area (Å²) in [6.45, 7) is -0.461. The van der Waals surface area contributed by atoms with E-state index >= 15 is 0 Å². The summed E-state index contributed by atoms with van der Waals surface area (Å²) < 4.78 is 10.4. The molecule has 0 aliphatic heterocycles. The Morgan fingerprint density at radius 2 is 1.77 bits per heavy atom. The topological polar surface area (TPSA) is 137 Å². The molecule has 0 bridgehead atoms. The number of esters is 1. The monoisotopic (exact) mass is 446 g/mol. The Balaban J connectivity index is 1.42. The predicted molar refractivity (Wildman–Crippen MR) is 110 cm³/mol. The standard InChI is InChI=1S/C19H15ClN4O5S/c20-13-5-1-12(2-6-13)18-23-24-19(29-18)30-10-16(26)28-9-15(25)22-14-7-3-11(4-8-14)17(21)27/h1-8H,9-10H2,(H2,21,27)(H,22,25). The number of ether oxygens (including phenoxy) is 1. The number of carbonyl (C=O) groups is 3. The minimum atomic E-state index is -0.620. The summed E-state index contributed by atoms with van der Waals surface area (Å²) in [5.74, 6) is -1.53. The molecule has 30 heavy (non-hydrogen) atoms. The van der Waals surface area contributed by atoms with Crippen LogP contribution < -0.4 is 11.1 Å². The molecule has 9 nitrogen and oxygen atoms in total. The largest absolute Gasteiger partial charge is 0.455 e. The summed E-state index contributed by atoms with van der Waals surface area (Å²) in [6.07, 6.45) is 0. The van der Waals surface area contributed by atoms with Gasteiger partial charge in [-0.25, -0.2) is 0 Å². The highest BCUT2D eigenvalue weighted by Crippen LogP contribution is 2.24. The molecule has 154 valence electrons. The summed E-state index contributed by atoms with van der Waals surface area (Å²) >= 11 is 6.83. The lowest BCUT2D eigenvalue weighted by Crippen LogP contribution is -2.21. The third kappa shape index (κ3) is 6.06. The van der Waals surface area contributed by atoms with Gasteiger partial charge >= 0.3 is 5.97 Å². The first-order valence-corrected chi connectivity index (χ1v) is 9.84. The second-order valence-corrected chi connectivity index (χ2v) is 7.18. The molecule has 11 heteroatoms. The molecule has 2 amide bonds. The van der Waals surface area contributed by atoms with Gasteiger partial charge in [0.1, 0.15) is 5.75 Å². The highest BCUT2D eigenvalue weighted by atomic mass is 35.5. The Morgan fingerprint density at radius 1 is 1.07 bits per heavy atom.